The molecule has 0 aliphatic carbocycles. The normalized spacial score (nSPS) is 10.6. The molecule has 0 saturated carbocycles. The number of thiocarbonyl (C=S) groups is 1. The van der Waals surface area contributed by atoms with Crippen molar-refractivity contribution in [1.29, 1.82) is 0 Å². The molecule has 0 saturated heterocycles. The van der Waals surface area contributed by atoms with Gasteiger partial charge in [-0.15, -0.1) is 11.3 Å². The second-order valence-corrected chi connectivity index (χ2v) is 8.14. The van der Waals surface area contributed by atoms with Crippen LogP contribution in [-0.2, 0) is 0 Å². The van der Waals surface area contributed by atoms with Crippen LogP contribution >= 0.6 is 35.2 Å². The molecule has 1 aromatic heterocycles. The van der Waals surface area contributed by atoms with Crippen LogP contribution in [0.25, 0.3) is 20.8 Å². The van der Waals surface area contributed by atoms with Crippen LogP contribution in [0.15, 0.2) is 66.7 Å². The molecular formula is C22H16ClN3O2S2. The van der Waals surface area contributed by atoms with Crippen LogP contribution in [0.1, 0.15) is 10.4 Å². The number of para-hydroxylation sites is 1. The summed E-state index contributed by atoms with van der Waals surface area (Å²) in [6.07, 6.45) is 0. The van der Waals surface area contributed by atoms with Gasteiger partial charge in [0.2, 0.25) is 0 Å². The molecule has 0 bridgehead atoms. The average Bonchev–Trinajstić information content (AvgIpc) is 3.18. The lowest BCUT2D eigenvalue weighted by atomic mass is 10.2. The fourth-order valence-corrected chi connectivity index (χ4v) is 4.29. The molecule has 0 aliphatic rings. The van der Waals surface area contributed by atoms with Gasteiger partial charge in [-0.1, -0.05) is 35.9 Å². The van der Waals surface area contributed by atoms with Gasteiger partial charge >= 0.3 is 0 Å². The highest BCUT2D eigenvalue weighted by molar-refractivity contribution is 7.80. The SMILES string of the molecule is COc1ccc(-c2nc3ccccc3s2)cc1NC(=S)NC(=O)c1ccccc1Cl. The first kappa shape index (κ1) is 20.3. The lowest BCUT2D eigenvalue weighted by Gasteiger charge is -2.14. The van der Waals surface area contributed by atoms with E-state index in [1.807, 2.05) is 42.5 Å². The Morgan fingerprint density at radius 1 is 1.10 bits per heavy atom. The van der Waals surface area contributed by atoms with E-state index in [2.05, 4.69) is 15.6 Å². The molecule has 150 valence electrons. The Labute approximate surface area is 187 Å². The third-order valence-corrected chi connectivity index (χ3v) is 5.95. The van der Waals surface area contributed by atoms with E-state index in [4.69, 9.17) is 28.6 Å². The number of amides is 1. The number of fused-ring (bicyclic) bond motifs is 1. The van der Waals surface area contributed by atoms with Crippen LogP contribution in [-0.4, -0.2) is 23.1 Å². The molecule has 1 amide bonds. The first-order valence-corrected chi connectivity index (χ1v) is 10.6. The van der Waals surface area contributed by atoms with Crippen molar-refractivity contribution in [3.8, 4) is 16.3 Å². The number of rotatable bonds is 4. The standard InChI is InChI=1S/C22H16ClN3O2S2/c1-28-18-11-10-13(21-24-16-8-4-5-9-19(16)30-21)12-17(18)25-22(29)26-20(27)14-6-2-3-7-15(14)23/h2-12H,1H3,(H2,25,26,27,29). The Bertz CT molecular complexity index is 1220. The van der Waals surface area contributed by atoms with Gasteiger partial charge < -0.3 is 10.1 Å². The number of benzene rings is 3. The summed E-state index contributed by atoms with van der Waals surface area (Å²) in [6, 6.07) is 20.4. The molecule has 30 heavy (non-hydrogen) atoms. The quantitative estimate of drug-likeness (QED) is 0.385. The predicted molar refractivity (Wildman–Crippen MR) is 127 cm³/mol. The Morgan fingerprint density at radius 3 is 2.63 bits per heavy atom. The zero-order valence-corrected chi connectivity index (χ0v) is 18.2. The highest BCUT2D eigenvalue weighted by atomic mass is 35.5. The van der Waals surface area contributed by atoms with Crippen molar-refractivity contribution in [3.05, 3.63) is 77.3 Å². The maximum Gasteiger partial charge on any atom is 0.258 e. The van der Waals surface area contributed by atoms with Crippen molar-refractivity contribution < 1.29 is 9.53 Å². The van der Waals surface area contributed by atoms with Crippen LogP contribution in [0.4, 0.5) is 5.69 Å². The fraction of sp³-hybridized carbons (Fsp3) is 0.0455. The zero-order valence-electron chi connectivity index (χ0n) is 15.8. The Hall–Kier alpha value is -3.00. The summed E-state index contributed by atoms with van der Waals surface area (Å²) in [6.45, 7) is 0. The molecule has 8 heteroatoms. The van der Waals surface area contributed by atoms with Crippen LogP contribution < -0.4 is 15.4 Å². The van der Waals surface area contributed by atoms with E-state index in [-0.39, 0.29) is 11.0 Å². The Balaban J connectivity index is 1.57. The molecule has 4 aromatic rings. The van der Waals surface area contributed by atoms with Crippen LogP contribution in [0, 0.1) is 0 Å². The number of hydrogen-bond donors (Lipinski definition) is 2. The molecule has 0 unspecified atom stereocenters. The van der Waals surface area contributed by atoms with E-state index in [0.29, 0.717) is 22.0 Å². The number of thiazole rings is 1. The van der Waals surface area contributed by atoms with E-state index >= 15 is 0 Å². The van der Waals surface area contributed by atoms with Gasteiger partial charge in [-0.05, 0) is 54.7 Å². The number of hydrogen-bond acceptors (Lipinski definition) is 5. The lowest BCUT2D eigenvalue weighted by molar-refractivity contribution is 0.0978. The minimum atomic E-state index is -0.389. The average molecular weight is 454 g/mol. The summed E-state index contributed by atoms with van der Waals surface area (Å²) in [5.74, 6) is 0.202. The molecule has 5 nitrogen and oxygen atoms in total. The third kappa shape index (κ3) is 4.28. The predicted octanol–water partition coefficient (Wildman–Crippen LogP) is 5.75. The van der Waals surface area contributed by atoms with Crippen LogP contribution in [0.5, 0.6) is 5.75 Å². The van der Waals surface area contributed by atoms with Crippen molar-refractivity contribution in [1.82, 2.24) is 10.3 Å². The highest BCUT2D eigenvalue weighted by Gasteiger charge is 2.14. The summed E-state index contributed by atoms with van der Waals surface area (Å²) in [5, 5.41) is 7.06. The van der Waals surface area contributed by atoms with Gasteiger partial charge in [0, 0.05) is 5.56 Å². The van der Waals surface area contributed by atoms with Gasteiger partial charge in [0.15, 0.2) is 5.11 Å². The third-order valence-electron chi connectivity index (χ3n) is 4.33. The number of halogens is 1. The molecule has 4 rings (SSSR count). The van der Waals surface area contributed by atoms with Crippen molar-refractivity contribution in [2.45, 2.75) is 0 Å². The lowest BCUT2D eigenvalue weighted by Crippen LogP contribution is -2.34. The molecule has 0 radical (unpaired) electrons. The Morgan fingerprint density at radius 2 is 1.87 bits per heavy atom. The van der Waals surface area contributed by atoms with E-state index in [1.54, 1.807) is 42.7 Å². The largest absolute Gasteiger partial charge is 0.495 e. The smallest absolute Gasteiger partial charge is 0.258 e. The summed E-state index contributed by atoms with van der Waals surface area (Å²) < 4.78 is 6.54. The van der Waals surface area contributed by atoms with E-state index < -0.39 is 0 Å². The molecule has 1 heterocycles. The zero-order chi connectivity index (χ0) is 21.1. The fourth-order valence-electron chi connectivity index (χ4n) is 2.90. The van der Waals surface area contributed by atoms with Gasteiger partial charge in [-0.2, -0.15) is 0 Å². The van der Waals surface area contributed by atoms with Crippen molar-refractivity contribution in [2.24, 2.45) is 0 Å². The highest BCUT2D eigenvalue weighted by Crippen LogP contribution is 2.34. The van der Waals surface area contributed by atoms with Gasteiger partial charge in [0.1, 0.15) is 10.8 Å². The second-order valence-electron chi connectivity index (χ2n) is 6.29. The molecule has 0 atom stereocenters. The van der Waals surface area contributed by atoms with Gasteiger partial charge in [0.25, 0.3) is 5.91 Å². The molecule has 0 fully saturated rings. The van der Waals surface area contributed by atoms with Crippen LogP contribution in [0.3, 0.4) is 0 Å². The first-order valence-electron chi connectivity index (χ1n) is 8.96. The monoisotopic (exact) mass is 453 g/mol. The number of carbonyl (C=O) groups is 1. The number of carbonyl (C=O) groups excluding carboxylic acids is 1. The molecule has 3 aromatic carbocycles. The number of nitrogens with one attached hydrogen (secondary N) is 2. The minimum absolute atomic E-state index is 0.139. The second kappa shape index (κ2) is 8.79. The Kier molecular flexibility index (Phi) is 5.94. The molecular weight excluding hydrogens is 438 g/mol. The molecule has 2 N–H and O–H groups in total. The number of nitrogens with zero attached hydrogens (tertiary/aromatic N) is 1. The topological polar surface area (TPSA) is 63.2 Å². The molecule has 0 aliphatic heterocycles. The first-order chi connectivity index (χ1) is 14.5. The van der Waals surface area contributed by atoms with Gasteiger partial charge in [-0.25, -0.2) is 4.98 Å². The van der Waals surface area contributed by atoms with Gasteiger partial charge in [0.05, 0.1) is 33.6 Å². The van der Waals surface area contributed by atoms with E-state index in [1.165, 1.54) is 0 Å². The minimum Gasteiger partial charge on any atom is -0.495 e. The summed E-state index contributed by atoms with van der Waals surface area (Å²) >= 11 is 13.0. The van der Waals surface area contributed by atoms with E-state index in [0.717, 1.165) is 20.8 Å². The number of ether oxygens (including phenoxy) is 1. The van der Waals surface area contributed by atoms with Gasteiger partial charge in [-0.3, -0.25) is 10.1 Å². The number of anilines is 1. The number of aromatic nitrogens is 1. The summed E-state index contributed by atoms with van der Waals surface area (Å²) in [4.78, 5) is 17.1. The summed E-state index contributed by atoms with van der Waals surface area (Å²) in [5.41, 5.74) is 2.84. The van der Waals surface area contributed by atoms with E-state index in [9.17, 15) is 4.79 Å². The maximum absolute atomic E-state index is 12.4. The maximum atomic E-state index is 12.4. The van der Waals surface area contributed by atoms with Crippen molar-refractivity contribution in [3.63, 3.8) is 0 Å². The number of methoxy groups -OCH3 is 1. The van der Waals surface area contributed by atoms with Crippen molar-refractivity contribution >= 4 is 62.1 Å². The van der Waals surface area contributed by atoms with Crippen LogP contribution in [0.2, 0.25) is 5.02 Å². The molecule has 0 spiro atoms. The summed E-state index contributed by atoms with van der Waals surface area (Å²) in [7, 11) is 1.57. The van der Waals surface area contributed by atoms with Crippen molar-refractivity contribution in [2.75, 3.05) is 12.4 Å².